The summed E-state index contributed by atoms with van der Waals surface area (Å²) in [5.74, 6) is 0.175. The van der Waals surface area contributed by atoms with Crippen LogP contribution in [0.1, 0.15) is 23.3 Å². The number of rotatable bonds is 4. The van der Waals surface area contributed by atoms with Gasteiger partial charge in [0, 0.05) is 11.1 Å². The van der Waals surface area contributed by atoms with Crippen LogP contribution in [0.3, 0.4) is 0 Å². The van der Waals surface area contributed by atoms with E-state index in [-0.39, 0.29) is 10.6 Å². The molecule has 0 spiro atoms. The van der Waals surface area contributed by atoms with E-state index in [1.54, 1.807) is 18.2 Å². The van der Waals surface area contributed by atoms with Crippen LogP contribution in [-0.4, -0.2) is 36.9 Å². The Morgan fingerprint density at radius 1 is 1.15 bits per heavy atom. The lowest BCUT2D eigenvalue weighted by atomic mass is 10.2. The number of carbonyl (C=O) groups excluding carboxylic acids is 1. The summed E-state index contributed by atoms with van der Waals surface area (Å²) in [4.78, 5) is 15.6. The van der Waals surface area contributed by atoms with Crippen molar-refractivity contribution in [3.05, 3.63) is 54.2 Å². The van der Waals surface area contributed by atoms with E-state index >= 15 is 0 Å². The van der Waals surface area contributed by atoms with Crippen LogP contribution in [0.25, 0.3) is 10.9 Å². The summed E-state index contributed by atoms with van der Waals surface area (Å²) in [5, 5.41) is 10.3. The highest BCUT2D eigenvalue weighted by atomic mass is 32.2. The predicted molar refractivity (Wildman–Crippen MR) is 101 cm³/mol. The molecule has 0 saturated heterocycles. The zero-order chi connectivity index (χ0) is 18.9. The molecule has 3 aromatic rings. The maximum absolute atomic E-state index is 12.6. The summed E-state index contributed by atoms with van der Waals surface area (Å²) >= 11 is 0. The molecule has 27 heavy (non-hydrogen) atoms. The minimum atomic E-state index is -3.71. The van der Waals surface area contributed by atoms with Crippen molar-refractivity contribution < 1.29 is 18.2 Å². The molecular formula is C18H18N5O3S+. The molecule has 0 saturated carbocycles. The third kappa shape index (κ3) is 3.54. The molecule has 1 amide bonds. The Hall–Kier alpha value is -3.20. The molecule has 9 heteroatoms. The number of H-pyrrole nitrogens is 1. The van der Waals surface area contributed by atoms with Gasteiger partial charge in [0.2, 0.25) is 0 Å². The lowest BCUT2D eigenvalue weighted by molar-refractivity contribution is -0.448. The smallest absolute Gasteiger partial charge is 0.321 e. The van der Waals surface area contributed by atoms with Crippen LogP contribution in [0, 0.1) is 0 Å². The summed E-state index contributed by atoms with van der Waals surface area (Å²) in [5.41, 5.74) is 1.38. The number of aromatic amines is 1. The Morgan fingerprint density at radius 3 is 2.81 bits per heavy atom. The minimum absolute atomic E-state index is 0.0772. The van der Waals surface area contributed by atoms with Crippen LogP contribution in [0.15, 0.2) is 53.4 Å². The van der Waals surface area contributed by atoms with Crippen LogP contribution in [0.2, 0.25) is 0 Å². The average molecular weight is 384 g/mol. The monoisotopic (exact) mass is 384 g/mol. The fraction of sp³-hybridized carbons (Fsp3) is 0.167. The Balaban J connectivity index is 1.56. The standard InChI is InChI=1S/C18H17N5O3S/c24-18(17-14-7-1-2-8-15(14)21-22-17)20-12-5-3-6-13(11-12)27(25,26)23-16-9-4-10-19-16/h1-3,5-8,11H,4,9-10H2,(H,19,23)(H,20,24)(H,21,22)/p+1. The van der Waals surface area contributed by atoms with Gasteiger partial charge >= 0.3 is 10.0 Å². The molecule has 4 N–H and O–H groups in total. The van der Waals surface area contributed by atoms with Crippen molar-refractivity contribution in [1.82, 2.24) is 14.9 Å². The van der Waals surface area contributed by atoms with Crippen LogP contribution >= 0.6 is 0 Å². The second-order valence-electron chi connectivity index (χ2n) is 6.21. The number of fused-ring (bicyclic) bond motifs is 1. The Labute approximate surface area is 155 Å². The first-order valence-corrected chi connectivity index (χ1v) is 9.98. The molecule has 0 radical (unpaired) electrons. The number of hydrogen-bond donors (Lipinski definition) is 4. The number of carbonyl (C=O) groups is 1. The molecule has 0 aliphatic carbocycles. The van der Waals surface area contributed by atoms with Crippen LogP contribution in [0.5, 0.6) is 0 Å². The maximum Gasteiger partial charge on any atom is 0.328 e. The third-order valence-corrected chi connectivity index (χ3v) is 5.68. The van der Waals surface area contributed by atoms with Gasteiger partial charge in [0.1, 0.15) is 4.90 Å². The average Bonchev–Trinajstić information content (AvgIpc) is 3.31. The number of nitrogens with one attached hydrogen (secondary N) is 4. The van der Waals surface area contributed by atoms with E-state index in [4.69, 9.17) is 0 Å². The molecule has 2 heterocycles. The van der Waals surface area contributed by atoms with Gasteiger partial charge in [0.25, 0.3) is 11.7 Å². The summed E-state index contributed by atoms with van der Waals surface area (Å²) in [7, 11) is -3.71. The first-order valence-electron chi connectivity index (χ1n) is 8.50. The van der Waals surface area contributed by atoms with E-state index in [1.807, 2.05) is 18.2 Å². The Bertz CT molecular complexity index is 1150. The highest BCUT2D eigenvalue weighted by Crippen LogP contribution is 2.19. The van der Waals surface area contributed by atoms with Crippen molar-refractivity contribution in [2.24, 2.45) is 0 Å². The zero-order valence-corrected chi connectivity index (χ0v) is 15.1. The normalized spacial score (nSPS) is 14.1. The number of amidine groups is 1. The number of hydrogen-bond acceptors (Lipinski definition) is 4. The second-order valence-corrected chi connectivity index (χ2v) is 7.90. The molecule has 0 atom stereocenters. The number of amides is 1. The van der Waals surface area contributed by atoms with Crippen LogP contribution < -0.4 is 15.0 Å². The van der Waals surface area contributed by atoms with Crippen molar-refractivity contribution in [2.75, 3.05) is 11.9 Å². The molecule has 0 fully saturated rings. The largest absolute Gasteiger partial charge is 0.328 e. The Kier molecular flexibility index (Phi) is 4.36. The van der Waals surface area contributed by atoms with E-state index in [9.17, 15) is 13.2 Å². The molecule has 138 valence electrons. The van der Waals surface area contributed by atoms with Gasteiger partial charge in [-0.05, 0) is 30.7 Å². The van der Waals surface area contributed by atoms with Gasteiger partial charge < -0.3 is 5.32 Å². The molecule has 0 bridgehead atoms. The number of aromatic nitrogens is 2. The van der Waals surface area contributed by atoms with E-state index < -0.39 is 15.9 Å². The van der Waals surface area contributed by atoms with E-state index in [0.717, 1.165) is 18.5 Å². The van der Waals surface area contributed by atoms with Gasteiger partial charge in [-0.1, -0.05) is 24.3 Å². The lowest BCUT2D eigenvalue weighted by Crippen LogP contribution is -2.72. The molecule has 0 unspecified atom stereocenters. The number of benzene rings is 2. The Morgan fingerprint density at radius 2 is 2.00 bits per heavy atom. The second kappa shape index (κ2) is 6.84. The topological polar surface area (TPSA) is 118 Å². The fourth-order valence-electron chi connectivity index (χ4n) is 2.97. The van der Waals surface area contributed by atoms with Gasteiger partial charge in [-0.15, -0.1) is 0 Å². The van der Waals surface area contributed by atoms with Gasteiger partial charge in [0.15, 0.2) is 5.69 Å². The molecule has 8 nitrogen and oxygen atoms in total. The van der Waals surface area contributed by atoms with Crippen molar-refractivity contribution in [2.45, 2.75) is 17.7 Å². The van der Waals surface area contributed by atoms with Crippen LogP contribution in [-0.2, 0) is 10.0 Å². The number of sulfonamides is 1. The van der Waals surface area contributed by atoms with Crippen molar-refractivity contribution in [3.63, 3.8) is 0 Å². The minimum Gasteiger partial charge on any atom is -0.321 e. The number of nitrogens with zero attached hydrogens (tertiary/aromatic N) is 1. The molecular weight excluding hydrogens is 366 g/mol. The third-order valence-electron chi connectivity index (χ3n) is 4.29. The predicted octanol–water partition coefficient (Wildman–Crippen LogP) is 0.366. The van der Waals surface area contributed by atoms with Crippen molar-refractivity contribution in [1.29, 1.82) is 0 Å². The van der Waals surface area contributed by atoms with Crippen LogP contribution in [0.4, 0.5) is 5.69 Å². The summed E-state index contributed by atoms with van der Waals surface area (Å²) in [6, 6.07) is 13.4. The lowest BCUT2D eigenvalue weighted by Gasteiger charge is -2.06. The van der Waals surface area contributed by atoms with Gasteiger partial charge in [-0.3, -0.25) is 14.9 Å². The summed E-state index contributed by atoms with van der Waals surface area (Å²) in [6.45, 7) is 0.756. The molecule has 1 aliphatic rings. The maximum atomic E-state index is 12.6. The number of para-hydroxylation sites is 1. The highest BCUT2D eigenvalue weighted by molar-refractivity contribution is 7.90. The summed E-state index contributed by atoms with van der Waals surface area (Å²) in [6.07, 6.45) is 1.56. The number of anilines is 1. The first-order chi connectivity index (χ1) is 13.0. The SMILES string of the molecule is O=C(Nc1cccc(S(=O)(=O)NC2=[NH+]CCC2)c1)c1n[nH]c2ccccc12. The molecule has 1 aromatic heterocycles. The van der Waals surface area contributed by atoms with Crippen molar-refractivity contribution >= 4 is 38.4 Å². The van der Waals surface area contributed by atoms with E-state index in [1.165, 1.54) is 12.1 Å². The molecule has 2 aromatic carbocycles. The first kappa shape index (κ1) is 17.2. The molecule has 1 aliphatic heterocycles. The van der Waals surface area contributed by atoms with Gasteiger partial charge in [0.05, 0.1) is 18.5 Å². The zero-order valence-electron chi connectivity index (χ0n) is 14.3. The molecule has 4 rings (SSSR count). The van der Waals surface area contributed by atoms with E-state index in [2.05, 4.69) is 25.2 Å². The fourth-order valence-corrected chi connectivity index (χ4v) is 4.13. The van der Waals surface area contributed by atoms with Crippen molar-refractivity contribution in [3.8, 4) is 0 Å². The van der Waals surface area contributed by atoms with Gasteiger partial charge in [-0.2, -0.15) is 18.2 Å². The quantitative estimate of drug-likeness (QED) is 0.520. The van der Waals surface area contributed by atoms with Gasteiger partial charge in [-0.25, -0.2) is 0 Å². The summed E-state index contributed by atoms with van der Waals surface area (Å²) < 4.78 is 27.6. The highest BCUT2D eigenvalue weighted by Gasteiger charge is 2.24. The van der Waals surface area contributed by atoms with E-state index in [0.29, 0.717) is 23.3 Å².